The molecule has 1 saturated heterocycles. The molecule has 25 heavy (non-hydrogen) atoms. The maximum atomic E-state index is 5.84. The lowest BCUT2D eigenvalue weighted by Crippen LogP contribution is -2.15. The summed E-state index contributed by atoms with van der Waals surface area (Å²) in [6, 6.07) is 10.3. The molecule has 3 heterocycles. The summed E-state index contributed by atoms with van der Waals surface area (Å²) < 4.78 is 8.05. The Hall–Kier alpha value is -2.40. The summed E-state index contributed by atoms with van der Waals surface area (Å²) in [5.74, 6) is 1.01. The van der Waals surface area contributed by atoms with Gasteiger partial charge in [-0.15, -0.1) is 0 Å². The van der Waals surface area contributed by atoms with Gasteiger partial charge < -0.3 is 14.3 Å². The molecule has 0 bridgehead atoms. The molecule has 0 saturated carbocycles. The number of aromatic amines is 1. The van der Waals surface area contributed by atoms with Crippen LogP contribution in [0, 0.1) is 6.92 Å². The minimum atomic E-state index is 0.265. The zero-order chi connectivity index (χ0) is 17.2. The predicted octanol–water partition coefficient (Wildman–Crippen LogP) is 3.99. The SMILES string of the molecule is CCc1nc(-c2c(-c3ccccc3)ncn2C[C@H]2CCCO2)c(C)[nH]1. The number of hydrogen-bond donors (Lipinski definition) is 1. The highest BCUT2D eigenvalue weighted by Crippen LogP contribution is 2.33. The Morgan fingerprint density at radius 3 is 2.76 bits per heavy atom. The van der Waals surface area contributed by atoms with Gasteiger partial charge in [-0.2, -0.15) is 0 Å². The Labute approximate surface area is 148 Å². The lowest BCUT2D eigenvalue weighted by atomic mass is 10.1. The fraction of sp³-hybridized carbons (Fsp3) is 0.400. The minimum absolute atomic E-state index is 0.265. The molecule has 0 radical (unpaired) electrons. The van der Waals surface area contributed by atoms with Crippen molar-refractivity contribution in [3.63, 3.8) is 0 Å². The second kappa shape index (κ2) is 6.84. The van der Waals surface area contributed by atoms with E-state index in [2.05, 4.69) is 35.5 Å². The second-order valence-electron chi connectivity index (χ2n) is 6.61. The summed E-state index contributed by atoms with van der Waals surface area (Å²) in [6.07, 6.45) is 5.33. The van der Waals surface area contributed by atoms with Crippen LogP contribution in [0.15, 0.2) is 36.7 Å². The molecule has 3 aromatic rings. The largest absolute Gasteiger partial charge is 0.376 e. The quantitative estimate of drug-likeness (QED) is 0.766. The topological polar surface area (TPSA) is 55.7 Å². The van der Waals surface area contributed by atoms with Gasteiger partial charge in [0.1, 0.15) is 11.5 Å². The standard InChI is InChI=1S/C20H24N4O/c1-3-17-22-14(2)18(23-17)20-19(15-8-5-4-6-9-15)21-13-24(20)12-16-10-7-11-25-16/h4-6,8-9,13,16H,3,7,10-12H2,1-2H3,(H,22,23)/t16-/m1/s1. The van der Waals surface area contributed by atoms with Crippen LogP contribution in [0.4, 0.5) is 0 Å². The molecule has 1 aromatic carbocycles. The average molecular weight is 336 g/mol. The molecular formula is C20H24N4O. The number of aryl methyl sites for hydroxylation is 2. The fourth-order valence-corrected chi connectivity index (χ4v) is 3.50. The van der Waals surface area contributed by atoms with Crippen LogP contribution in [0.3, 0.4) is 0 Å². The van der Waals surface area contributed by atoms with Crippen molar-refractivity contribution in [1.82, 2.24) is 19.5 Å². The van der Waals surface area contributed by atoms with Crippen LogP contribution in [-0.2, 0) is 17.7 Å². The van der Waals surface area contributed by atoms with E-state index in [1.807, 2.05) is 24.5 Å². The highest BCUT2D eigenvalue weighted by atomic mass is 16.5. The van der Waals surface area contributed by atoms with Crippen molar-refractivity contribution >= 4 is 0 Å². The first-order valence-corrected chi connectivity index (χ1v) is 9.04. The third kappa shape index (κ3) is 3.12. The molecule has 1 fully saturated rings. The van der Waals surface area contributed by atoms with Crippen molar-refractivity contribution in [2.45, 2.75) is 45.8 Å². The monoisotopic (exact) mass is 336 g/mol. The number of H-pyrrole nitrogens is 1. The second-order valence-corrected chi connectivity index (χ2v) is 6.61. The van der Waals surface area contributed by atoms with E-state index in [1.54, 1.807) is 0 Å². The van der Waals surface area contributed by atoms with E-state index in [0.717, 1.165) is 66.6 Å². The molecule has 130 valence electrons. The lowest BCUT2D eigenvalue weighted by Gasteiger charge is -2.14. The molecule has 2 aromatic heterocycles. The summed E-state index contributed by atoms with van der Waals surface area (Å²) in [5, 5.41) is 0. The van der Waals surface area contributed by atoms with Gasteiger partial charge in [-0.3, -0.25) is 0 Å². The first kappa shape index (κ1) is 16.1. The molecule has 1 aliphatic rings. The Morgan fingerprint density at radius 1 is 1.24 bits per heavy atom. The van der Waals surface area contributed by atoms with Gasteiger partial charge in [-0.25, -0.2) is 9.97 Å². The van der Waals surface area contributed by atoms with Gasteiger partial charge >= 0.3 is 0 Å². The summed E-state index contributed by atoms with van der Waals surface area (Å²) in [5.41, 5.74) is 5.25. The molecule has 1 atom stereocenters. The highest BCUT2D eigenvalue weighted by molar-refractivity contribution is 5.77. The van der Waals surface area contributed by atoms with Crippen molar-refractivity contribution in [3.05, 3.63) is 48.2 Å². The van der Waals surface area contributed by atoms with E-state index in [9.17, 15) is 0 Å². The van der Waals surface area contributed by atoms with Crippen molar-refractivity contribution in [1.29, 1.82) is 0 Å². The molecule has 0 aliphatic carbocycles. The van der Waals surface area contributed by atoms with Crippen LogP contribution in [0.25, 0.3) is 22.6 Å². The summed E-state index contributed by atoms with van der Waals surface area (Å²) in [4.78, 5) is 13.0. The number of aromatic nitrogens is 4. The number of ether oxygens (including phenoxy) is 1. The maximum absolute atomic E-state index is 5.84. The van der Waals surface area contributed by atoms with Crippen molar-refractivity contribution in [2.24, 2.45) is 0 Å². The third-order valence-corrected chi connectivity index (χ3v) is 4.80. The number of nitrogens with one attached hydrogen (secondary N) is 1. The summed E-state index contributed by atoms with van der Waals surface area (Å²) in [6.45, 7) is 5.88. The summed E-state index contributed by atoms with van der Waals surface area (Å²) in [7, 11) is 0. The molecule has 5 heteroatoms. The van der Waals surface area contributed by atoms with Gasteiger partial charge in [0.05, 0.1) is 30.4 Å². The third-order valence-electron chi connectivity index (χ3n) is 4.80. The Bertz CT molecular complexity index is 844. The van der Waals surface area contributed by atoms with Crippen LogP contribution in [0.2, 0.25) is 0 Å². The molecule has 4 rings (SSSR count). The number of imidazole rings is 2. The van der Waals surface area contributed by atoms with Crippen LogP contribution in [-0.4, -0.2) is 32.2 Å². The van der Waals surface area contributed by atoms with Crippen molar-refractivity contribution < 1.29 is 4.74 Å². The minimum Gasteiger partial charge on any atom is -0.376 e. The maximum Gasteiger partial charge on any atom is 0.110 e. The predicted molar refractivity (Wildman–Crippen MR) is 98.3 cm³/mol. The van der Waals surface area contributed by atoms with Crippen LogP contribution >= 0.6 is 0 Å². The van der Waals surface area contributed by atoms with E-state index >= 15 is 0 Å². The zero-order valence-corrected chi connectivity index (χ0v) is 14.8. The highest BCUT2D eigenvalue weighted by Gasteiger charge is 2.23. The van der Waals surface area contributed by atoms with E-state index in [-0.39, 0.29) is 6.10 Å². The van der Waals surface area contributed by atoms with E-state index in [4.69, 9.17) is 14.7 Å². The number of hydrogen-bond acceptors (Lipinski definition) is 3. The van der Waals surface area contributed by atoms with Crippen LogP contribution < -0.4 is 0 Å². The van der Waals surface area contributed by atoms with Gasteiger partial charge in [0.2, 0.25) is 0 Å². The fourth-order valence-electron chi connectivity index (χ4n) is 3.50. The van der Waals surface area contributed by atoms with Gasteiger partial charge in [0.25, 0.3) is 0 Å². The molecule has 0 unspecified atom stereocenters. The van der Waals surface area contributed by atoms with Gasteiger partial charge in [0.15, 0.2) is 0 Å². The zero-order valence-electron chi connectivity index (χ0n) is 14.8. The smallest absolute Gasteiger partial charge is 0.110 e. The average Bonchev–Trinajstić information content (AvgIpc) is 3.36. The first-order chi connectivity index (χ1) is 12.3. The van der Waals surface area contributed by atoms with Gasteiger partial charge in [-0.05, 0) is 19.8 Å². The van der Waals surface area contributed by atoms with Crippen LogP contribution in [0.1, 0.15) is 31.3 Å². The van der Waals surface area contributed by atoms with Crippen molar-refractivity contribution in [3.8, 4) is 22.6 Å². The van der Waals surface area contributed by atoms with Crippen LogP contribution in [0.5, 0.6) is 0 Å². The number of rotatable bonds is 5. The Kier molecular flexibility index (Phi) is 4.40. The number of benzene rings is 1. The molecule has 0 spiro atoms. The van der Waals surface area contributed by atoms with Crippen molar-refractivity contribution in [2.75, 3.05) is 6.61 Å². The van der Waals surface area contributed by atoms with E-state index < -0.39 is 0 Å². The molecule has 5 nitrogen and oxygen atoms in total. The van der Waals surface area contributed by atoms with Gasteiger partial charge in [0, 0.05) is 24.3 Å². The lowest BCUT2D eigenvalue weighted by molar-refractivity contribution is 0.0973. The van der Waals surface area contributed by atoms with Gasteiger partial charge in [-0.1, -0.05) is 37.3 Å². The molecule has 0 amide bonds. The Balaban J connectivity index is 1.82. The summed E-state index contributed by atoms with van der Waals surface area (Å²) >= 11 is 0. The molecule has 1 N–H and O–H groups in total. The molecule has 1 aliphatic heterocycles. The number of nitrogens with zero attached hydrogens (tertiary/aromatic N) is 3. The van der Waals surface area contributed by atoms with E-state index in [0.29, 0.717) is 0 Å². The normalized spacial score (nSPS) is 17.3. The van der Waals surface area contributed by atoms with E-state index in [1.165, 1.54) is 0 Å². The Morgan fingerprint density at radius 2 is 2.08 bits per heavy atom. The molecular weight excluding hydrogens is 312 g/mol. The first-order valence-electron chi connectivity index (χ1n) is 9.04.